The molecule has 10 heteroatoms. The minimum Gasteiger partial charge on any atom is -0.494 e. The van der Waals surface area contributed by atoms with Crippen LogP contribution in [0.1, 0.15) is 36.8 Å². The molecule has 1 fully saturated rings. The van der Waals surface area contributed by atoms with Crippen molar-refractivity contribution in [2.75, 3.05) is 13.1 Å². The van der Waals surface area contributed by atoms with E-state index >= 15 is 0 Å². The van der Waals surface area contributed by atoms with E-state index in [1.807, 2.05) is 17.8 Å². The van der Waals surface area contributed by atoms with Crippen molar-refractivity contribution < 1.29 is 19.7 Å². The third-order valence-electron chi connectivity index (χ3n) is 6.35. The molecule has 0 aromatic carbocycles. The van der Waals surface area contributed by atoms with E-state index in [4.69, 9.17) is 4.74 Å². The second kappa shape index (κ2) is 9.01. The minimum atomic E-state index is -0.419. The number of pyridine rings is 1. The van der Waals surface area contributed by atoms with Gasteiger partial charge in [0.05, 0.1) is 11.9 Å². The van der Waals surface area contributed by atoms with Crippen molar-refractivity contribution in [3.63, 3.8) is 0 Å². The number of thioether (sulfide) groups is 1. The van der Waals surface area contributed by atoms with Gasteiger partial charge in [0.25, 0.3) is 0 Å². The molecule has 0 unspecified atom stereocenters. The van der Waals surface area contributed by atoms with Crippen LogP contribution in [0.3, 0.4) is 0 Å². The Morgan fingerprint density at radius 2 is 1.79 bits per heavy atom. The van der Waals surface area contributed by atoms with Gasteiger partial charge in [-0.3, -0.25) is 0 Å². The Labute approximate surface area is 196 Å². The molecule has 3 aromatic rings. The minimum absolute atomic E-state index is 0.0556. The Hall–Kier alpha value is -3.14. The molecule has 0 spiro atoms. The number of carbonyl (C=O) groups is 1. The number of piperidine rings is 1. The van der Waals surface area contributed by atoms with Gasteiger partial charge in [0, 0.05) is 55.0 Å². The molecule has 0 radical (unpaired) electrons. The van der Waals surface area contributed by atoms with Gasteiger partial charge in [-0.1, -0.05) is 11.8 Å². The van der Waals surface area contributed by atoms with E-state index in [0.29, 0.717) is 24.0 Å². The van der Waals surface area contributed by atoms with Crippen molar-refractivity contribution in [2.24, 2.45) is 7.05 Å². The fourth-order valence-electron chi connectivity index (χ4n) is 4.50. The van der Waals surface area contributed by atoms with Crippen molar-refractivity contribution in [2.45, 2.75) is 48.9 Å². The SMILES string of the molecule is Cn1ccnc1SC1CCN(C(=O)Oc2ccc(-n3c(O)c4c(c3O)CCCC4)cn2)CC1. The van der Waals surface area contributed by atoms with E-state index in [2.05, 4.69) is 9.97 Å². The number of likely N-dealkylation sites (tertiary alicyclic amines) is 1. The summed E-state index contributed by atoms with van der Waals surface area (Å²) in [6.45, 7) is 1.24. The molecule has 4 heterocycles. The lowest BCUT2D eigenvalue weighted by Crippen LogP contribution is -2.41. The highest BCUT2D eigenvalue weighted by Crippen LogP contribution is 2.40. The standard InChI is InChI=1S/C23H27N5O4S/c1-26-13-10-24-22(26)33-16-8-11-27(12-9-16)23(31)32-19-7-6-15(14-25-19)28-20(29)17-4-2-3-5-18(17)21(28)30/h6-7,10,13-14,16,29-30H,2-5,8-9,11-12H2,1H3. The molecule has 1 aliphatic carbocycles. The zero-order valence-electron chi connectivity index (χ0n) is 18.5. The summed E-state index contributed by atoms with van der Waals surface area (Å²) in [6, 6.07) is 3.25. The van der Waals surface area contributed by atoms with Crippen molar-refractivity contribution in [1.82, 2.24) is 24.0 Å². The van der Waals surface area contributed by atoms with Crippen LogP contribution in [0.15, 0.2) is 35.9 Å². The number of hydrogen-bond acceptors (Lipinski definition) is 7. The molecule has 1 aliphatic heterocycles. The number of fused-ring (bicyclic) bond motifs is 1. The number of carbonyl (C=O) groups excluding carboxylic acids is 1. The highest BCUT2D eigenvalue weighted by Gasteiger charge is 2.27. The Kier molecular flexibility index (Phi) is 5.92. The first-order valence-corrected chi connectivity index (χ1v) is 12.1. The molecule has 2 N–H and O–H groups in total. The molecular weight excluding hydrogens is 442 g/mol. The lowest BCUT2D eigenvalue weighted by Gasteiger charge is -2.30. The van der Waals surface area contributed by atoms with Gasteiger partial charge in [-0.25, -0.2) is 19.3 Å². The first kappa shape index (κ1) is 21.7. The number of rotatable bonds is 4. The first-order valence-electron chi connectivity index (χ1n) is 11.2. The highest BCUT2D eigenvalue weighted by molar-refractivity contribution is 7.99. The van der Waals surface area contributed by atoms with Gasteiger partial charge in [0.1, 0.15) is 0 Å². The monoisotopic (exact) mass is 469 g/mol. The number of aromatic hydroxyl groups is 2. The summed E-state index contributed by atoms with van der Waals surface area (Å²) in [7, 11) is 1.98. The van der Waals surface area contributed by atoms with Crippen LogP contribution < -0.4 is 4.74 Å². The van der Waals surface area contributed by atoms with Gasteiger partial charge < -0.3 is 24.4 Å². The quantitative estimate of drug-likeness (QED) is 0.601. The van der Waals surface area contributed by atoms with E-state index in [1.54, 1.807) is 35.0 Å². The predicted octanol–water partition coefficient (Wildman–Crippen LogP) is 3.65. The van der Waals surface area contributed by atoms with Crippen molar-refractivity contribution in [3.8, 4) is 23.3 Å². The Morgan fingerprint density at radius 3 is 2.36 bits per heavy atom. The second-order valence-electron chi connectivity index (χ2n) is 8.49. The van der Waals surface area contributed by atoms with Crippen molar-refractivity contribution >= 4 is 17.9 Å². The van der Waals surface area contributed by atoms with Crippen molar-refractivity contribution in [1.29, 1.82) is 0 Å². The average molecular weight is 470 g/mol. The maximum atomic E-state index is 12.6. The number of aromatic nitrogens is 4. The molecule has 1 amide bonds. The molecule has 0 atom stereocenters. The molecule has 0 saturated carbocycles. The van der Waals surface area contributed by atoms with Gasteiger partial charge >= 0.3 is 6.09 Å². The molecule has 3 aromatic heterocycles. The van der Waals surface area contributed by atoms with Crippen LogP contribution in [0.2, 0.25) is 0 Å². The number of nitrogens with zero attached hydrogens (tertiary/aromatic N) is 5. The van der Waals surface area contributed by atoms with Crippen LogP contribution in [-0.2, 0) is 19.9 Å². The normalized spacial score (nSPS) is 16.6. The highest BCUT2D eigenvalue weighted by atomic mass is 32.2. The van der Waals surface area contributed by atoms with Crippen LogP contribution in [0.4, 0.5) is 4.79 Å². The average Bonchev–Trinajstić information content (AvgIpc) is 3.35. The maximum Gasteiger partial charge on any atom is 0.416 e. The summed E-state index contributed by atoms with van der Waals surface area (Å²) in [5.74, 6) is 0.296. The van der Waals surface area contributed by atoms with Gasteiger partial charge in [-0.15, -0.1) is 0 Å². The Morgan fingerprint density at radius 1 is 1.09 bits per heavy atom. The summed E-state index contributed by atoms with van der Waals surface area (Å²) in [6.07, 6.45) is 10.0. The summed E-state index contributed by atoms with van der Waals surface area (Å²) in [5.41, 5.74) is 2.13. The van der Waals surface area contributed by atoms with Crippen LogP contribution in [-0.4, -0.2) is 58.6 Å². The van der Waals surface area contributed by atoms with E-state index < -0.39 is 6.09 Å². The molecule has 0 bridgehead atoms. The number of amides is 1. The third kappa shape index (κ3) is 4.27. The second-order valence-corrected chi connectivity index (χ2v) is 9.76. The number of aryl methyl sites for hydroxylation is 1. The fourth-order valence-corrected chi connectivity index (χ4v) is 5.60. The number of imidazole rings is 1. The lowest BCUT2D eigenvalue weighted by molar-refractivity contribution is 0.142. The lowest BCUT2D eigenvalue weighted by atomic mass is 9.95. The zero-order chi connectivity index (χ0) is 22.9. The third-order valence-corrected chi connectivity index (χ3v) is 7.76. The molecule has 9 nitrogen and oxygen atoms in total. The van der Waals surface area contributed by atoms with Crippen LogP contribution >= 0.6 is 11.8 Å². The van der Waals surface area contributed by atoms with Gasteiger partial charge in [0.15, 0.2) is 5.16 Å². The summed E-state index contributed by atoms with van der Waals surface area (Å²) < 4.78 is 8.87. The summed E-state index contributed by atoms with van der Waals surface area (Å²) in [4.78, 5) is 22.9. The smallest absolute Gasteiger partial charge is 0.416 e. The van der Waals surface area contributed by atoms with Crippen LogP contribution in [0.25, 0.3) is 5.69 Å². The van der Waals surface area contributed by atoms with E-state index in [-0.39, 0.29) is 17.6 Å². The molecule has 174 valence electrons. The van der Waals surface area contributed by atoms with E-state index in [1.165, 1.54) is 10.8 Å². The molecule has 5 rings (SSSR count). The zero-order valence-corrected chi connectivity index (χ0v) is 19.3. The largest absolute Gasteiger partial charge is 0.494 e. The maximum absolute atomic E-state index is 12.6. The molecule has 1 saturated heterocycles. The molecule has 2 aliphatic rings. The predicted molar refractivity (Wildman–Crippen MR) is 123 cm³/mol. The topological polar surface area (TPSA) is 106 Å². The van der Waals surface area contributed by atoms with Gasteiger partial charge in [0.2, 0.25) is 17.6 Å². The Balaban J connectivity index is 1.19. The van der Waals surface area contributed by atoms with Crippen LogP contribution in [0, 0.1) is 0 Å². The van der Waals surface area contributed by atoms with Crippen molar-refractivity contribution in [3.05, 3.63) is 41.9 Å². The molecular formula is C23H27N5O4S. The fraction of sp³-hybridized carbons (Fsp3) is 0.435. The summed E-state index contributed by atoms with van der Waals surface area (Å²) in [5, 5.41) is 22.6. The van der Waals surface area contributed by atoms with E-state index in [0.717, 1.165) is 54.8 Å². The summed E-state index contributed by atoms with van der Waals surface area (Å²) >= 11 is 1.74. The number of ether oxygens (including phenoxy) is 1. The van der Waals surface area contributed by atoms with Gasteiger partial charge in [-0.05, 0) is 44.6 Å². The Bertz CT molecular complexity index is 1120. The first-order chi connectivity index (χ1) is 16.0. The van der Waals surface area contributed by atoms with E-state index in [9.17, 15) is 15.0 Å². The molecule has 33 heavy (non-hydrogen) atoms. The number of hydrogen-bond donors (Lipinski definition) is 2. The van der Waals surface area contributed by atoms with Gasteiger partial charge in [-0.2, -0.15) is 0 Å². The van der Waals surface area contributed by atoms with Crippen LogP contribution in [0.5, 0.6) is 17.6 Å².